The number of halogens is 2. The van der Waals surface area contributed by atoms with Gasteiger partial charge >= 0.3 is 50.4 Å². The number of hydrogen-bond acceptors (Lipinski definition) is 10. The first-order valence-electron chi connectivity index (χ1n) is 18.0. The first kappa shape index (κ1) is 45.5. The zero-order chi connectivity index (χ0) is 43.3. The van der Waals surface area contributed by atoms with Crippen molar-refractivity contribution in [3.63, 3.8) is 0 Å². The summed E-state index contributed by atoms with van der Waals surface area (Å²) in [7, 11) is 14.8. The Labute approximate surface area is 372 Å². The third kappa shape index (κ3) is 10.6. The quantitative estimate of drug-likeness (QED) is 0.165. The number of benzene rings is 6. The van der Waals surface area contributed by atoms with Gasteiger partial charge in [0.15, 0.2) is 0 Å². The number of hydrogen-bond donors (Lipinski definition) is 2. The zero-order valence-electron chi connectivity index (χ0n) is 33.2. The molecule has 0 aliphatic carbocycles. The van der Waals surface area contributed by atoms with Gasteiger partial charge in [-0.3, -0.25) is 19.9 Å². The minimum absolute atomic E-state index is 0.0486. The topological polar surface area (TPSA) is 129 Å². The third-order valence-corrected chi connectivity index (χ3v) is 9.36. The van der Waals surface area contributed by atoms with Crippen LogP contribution in [0.5, 0.6) is 34.5 Å². The predicted octanol–water partition coefficient (Wildman–Crippen LogP) is 11.6. The van der Waals surface area contributed by atoms with Crippen molar-refractivity contribution in [1.29, 1.82) is 0 Å². The molecule has 16 aromatic rings. The monoisotopic (exact) mass is 940 g/mol. The number of ether oxygens (including phenoxy) is 4. The van der Waals surface area contributed by atoms with Gasteiger partial charge in [0.2, 0.25) is 0 Å². The third-order valence-electron chi connectivity index (χ3n) is 9.36. The molecule has 6 aromatic carbocycles. The Balaban J connectivity index is 0.00000166. The average Bonchev–Trinajstić information content (AvgIpc) is 3.29. The van der Waals surface area contributed by atoms with Crippen LogP contribution in [-0.2, 0) is 30.2 Å². The molecule has 14 heteroatoms. The molecule has 10 nitrogen and oxygen atoms in total. The van der Waals surface area contributed by atoms with Crippen molar-refractivity contribution in [2.45, 2.75) is 13.8 Å². The predicted molar refractivity (Wildman–Crippen MR) is 235 cm³/mol. The summed E-state index contributed by atoms with van der Waals surface area (Å²) in [5.74, 6) is 2.45. The van der Waals surface area contributed by atoms with Crippen molar-refractivity contribution >= 4 is 85.4 Å². The summed E-state index contributed by atoms with van der Waals surface area (Å²) < 4.78 is 23.2. The van der Waals surface area contributed by atoms with E-state index >= 15 is 0 Å². The van der Waals surface area contributed by atoms with Crippen LogP contribution in [0.3, 0.4) is 0 Å². The molecule has 0 saturated heterocycles. The SMILES string of the molecule is COc1cc2ccc1c1ccc(cc1OC)ncc1cc(C)cc(cnc3ccc(c(OC)c3)c3ccc(cc3OC)ncc3cc(C)cc(cn2)c3O)c1O.[Cl][Cu].[Cl][Cu]. The molecule has 0 atom stereocenters. The normalized spacial score (nSPS) is 10.3. The molecular weight excluding hydrogens is 903 g/mol. The molecule has 0 amide bonds. The van der Waals surface area contributed by atoms with Crippen molar-refractivity contribution in [3.05, 3.63) is 133 Å². The second-order valence-electron chi connectivity index (χ2n) is 13.2. The van der Waals surface area contributed by atoms with Crippen molar-refractivity contribution in [1.82, 2.24) is 19.9 Å². The molecule has 16 rings (SSSR count). The summed E-state index contributed by atoms with van der Waals surface area (Å²) in [6.45, 7) is 3.90. The molecule has 2 N–H and O–H groups in total. The molecule has 60 heavy (non-hydrogen) atoms. The number of rotatable bonds is 4. The summed E-state index contributed by atoms with van der Waals surface area (Å²) in [6.07, 6.45) is 6.49. The Morgan fingerprint density at radius 3 is 0.800 bits per heavy atom. The number of phenols is 2. The van der Waals surface area contributed by atoms with Gasteiger partial charge in [-0.2, -0.15) is 0 Å². The van der Waals surface area contributed by atoms with Crippen LogP contribution in [0.25, 0.3) is 65.2 Å². The van der Waals surface area contributed by atoms with Gasteiger partial charge in [0.05, 0.1) is 50.5 Å². The maximum atomic E-state index is 11.3. The molecular formula is C46H40Cl2Cu2N4O6. The van der Waals surface area contributed by atoms with Crippen LogP contribution in [-0.4, -0.2) is 58.6 Å². The van der Waals surface area contributed by atoms with Crippen molar-refractivity contribution in [3.8, 4) is 34.5 Å². The first-order valence-corrected chi connectivity index (χ1v) is 20.6. The number of phenolic OH excluding ortho intramolecular Hbond substituents is 2. The summed E-state index contributed by atoms with van der Waals surface area (Å²) in [4.78, 5) is 18.7. The fraction of sp³-hybridized carbons (Fsp3) is 0.130. The van der Waals surface area contributed by atoms with Crippen molar-refractivity contribution in [2.24, 2.45) is 0 Å². The Morgan fingerprint density at radius 2 is 0.600 bits per heavy atom. The molecule has 0 radical (unpaired) electrons. The van der Waals surface area contributed by atoms with E-state index in [4.69, 9.17) is 18.9 Å². The molecule has 0 spiro atoms. The summed E-state index contributed by atoms with van der Waals surface area (Å²) >= 11 is 7.32. The van der Waals surface area contributed by atoms with E-state index in [0.29, 0.717) is 66.6 Å². The van der Waals surface area contributed by atoms with Gasteiger partial charge < -0.3 is 29.2 Å². The minimum atomic E-state index is 0.0486. The second kappa shape index (κ2) is 21.6. The van der Waals surface area contributed by atoms with E-state index < -0.39 is 0 Å². The fourth-order valence-electron chi connectivity index (χ4n) is 6.57. The zero-order valence-corrected chi connectivity index (χ0v) is 36.6. The first-order chi connectivity index (χ1) is 29.2. The Hall–Kier alpha value is -5.58. The number of aromatic hydroxyl groups is 2. The van der Waals surface area contributed by atoms with Gasteiger partial charge in [0, 0.05) is 92.1 Å². The van der Waals surface area contributed by atoms with Crippen molar-refractivity contribution in [2.75, 3.05) is 28.4 Å². The van der Waals surface area contributed by atoms with Crippen LogP contribution in [0.4, 0.5) is 0 Å². The molecule has 12 bridgehead atoms. The Kier molecular flexibility index (Phi) is 16.4. The van der Waals surface area contributed by atoms with Crippen LogP contribution in [0, 0.1) is 13.8 Å². The van der Waals surface area contributed by atoms with Crippen LogP contribution in [0.2, 0.25) is 0 Å². The van der Waals surface area contributed by atoms with Gasteiger partial charge in [-0.1, -0.05) is 0 Å². The van der Waals surface area contributed by atoms with Gasteiger partial charge in [0.1, 0.15) is 34.5 Å². The number of methoxy groups -OCH3 is 4. The molecule has 0 aliphatic heterocycles. The summed E-state index contributed by atoms with van der Waals surface area (Å²) in [5, 5.41) is 27.9. The van der Waals surface area contributed by atoms with E-state index in [1.54, 1.807) is 53.2 Å². The standard InChI is InChI=1S/C46H40N4O6.2ClH.2Cu/c1-27-15-29-23-47-33-7-11-37(41(19-33)53-3)39-13-9-35(21-43(39)55-5)49-25-31-17-28(2)18-32(46(31)52)26-50-36-10-14-40(44(22-36)56-6)38-12-8-34(20-42(38)54-4)48-24-30(16-27)45(29)51;;;;/h7-26,51-52H,1-6H3;2*1H;;/q;;;2*+1/p-2. The van der Waals surface area contributed by atoms with Crippen LogP contribution < -0.4 is 18.9 Å². The fourth-order valence-corrected chi connectivity index (χ4v) is 6.57. The van der Waals surface area contributed by atoms with Crippen LogP contribution in [0.1, 0.15) is 11.1 Å². The van der Waals surface area contributed by atoms with Gasteiger partial charge in [-0.15, -0.1) is 0 Å². The molecule has 10 aromatic heterocycles. The van der Waals surface area contributed by atoms with E-state index in [-0.39, 0.29) is 11.5 Å². The van der Waals surface area contributed by atoms with E-state index in [2.05, 4.69) is 70.3 Å². The molecule has 0 aliphatic rings. The van der Waals surface area contributed by atoms with Gasteiger partial charge in [0.25, 0.3) is 0 Å². The van der Waals surface area contributed by atoms with Crippen LogP contribution >= 0.6 is 20.2 Å². The maximum absolute atomic E-state index is 11.3. The molecule has 10 heterocycles. The number of nitrogens with zero attached hydrogens (tertiary/aromatic N) is 4. The number of aromatic nitrogens is 4. The Morgan fingerprint density at radius 1 is 0.383 bits per heavy atom. The van der Waals surface area contributed by atoms with Gasteiger partial charge in [-0.05, 0) is 97.8 Å². The molecule has 0 unspecified atom stereocenters. The van der Waals surface area contributed by atoms with E-state index in [9.17, 15) is 10.2 Å². The number of aryl methyl sites for hydroxylation is 2. The van der Waals surface area contributed by atoms with Crippen molar-refractivity contribution < 1.29 is 59.4 Å². The average molecular weight is 943 g/mol. The molecule has 0 saturated carbocycles. The van der Waals surface area contributed by atoms with E-state index in [0.717, 1.165) is 32.7 Å². The van der Waals surface area contributed by atoms with Crippen LogP contribution in [0.15, 0.2) is 122 Å². The van der Waals surface area contributed by atoms with E-state index in [1.165, 1.54) is 0 Å². The summed E-state index contributed by atoms with van der Waals surface area (Å²) in [5.41, 5.74) is 4.37. The summed E-state index contributed by atoms with van der Waals surface area (Å²) in [6, 6.07) is 29.9. The molecule has 316 valence electrons. The van der Waals surface area contributed by atoms with Gasteiger partial charge in [-0.25, -0.2) is 0 Å². The Bertz CT molecular complexity index is 2570. The molecule has 0 fully saturated rings. The van der Waals surface area contributed by atoms with E-state index in [1.807, 2.05) is 111 Å². The second-order valence-corrected chi connectivity index (χ2v) is 13.2.